The summed E-state index contributed by atoms with van der Waals surface area (Å²) in [4.78, 5) is 16.4. The maximum atomic E-state index is 12.1. The maximum Gasteiger partial charge on any atom is 0.251 e. The summed E-state index contributed by atoms with van der Waals surface area (Å²) in [7, 11) is 3.19. The van der Waals surface area contributed by atoms with E-state index < -0.39 is 0 Å². The standard InChI is InChI=1S/C14H23N3O3/c1-5-15-13-7-11(6-10(2)17-13)14(18)16-8-12(20-4)9-19-3/h6-7,12H,5,8-9H2,1-4H3,(H,15,17)(H,16,18). The van der Waals surface area contributed by atoms with Crippen LogP contribution in [0.15, 0.2) is 12.1 Å². The van der Waals surface area contributed by atoms with Crippen molar-refractivity contribution in [1.29, 1.82) is 0 Å². The topological polar surface area (TPSA) is 72.5 Å². The first kappa shape index (κ1) is 16.4. The second kappa shape index (κ2) is 8.50. The molecule has 0 spiro atoms. The van der Waals surface area contributed by atoms with Crippen molar-refractivity contribution < 1.29 is 14.3 Å². The Morgan fingerprint density at radius 2 is 2.15 bits per heavy atom. The van der Waals surface area contributed by atoms with Crippen molar-refractivity contribution in [3.05, 3.63) is 23.4 Å². The SMILES string of the molecule is CCNc1cc(C(=O)NCC(COC)OC)cc(C)n1. The van der Waals surface area contributed by atoms with Gasteiger partial charge in [0.2, 0.25) is 0 Å². The Bertz CT molecular complexity index is 438. The van der Waals surface area contributed by atoms with E-state index in [1.54, 1.807) is 26.4 Å². The third-order valence-corrected chi connectivity index (χ3v) is 2.75. The molecule has 1 unspecified atom stereocenters. The lowest BCUT2D eigenvalue weighted by molar-refractivity contribution is 0.0285. The highest BCUT2D eigenvalue weighted by Crippen LogP contribution is 2.10. The molecule has 0 bridgehead atoms. The summed E-state index contributed by atoms with van der Waals surface area (Å²) in [6.07, 6.45) is -0.153. The highest BCUT2D eigenvalue weighted by atomic mass is 16.5. The molecule has 0 aromatic carbocycles. The summed E-state index contributed by atoms with van der Waals surface area (Å²) >= 11 is 0. The van der Waals surface area contributed by atoms with Crippen LogP contribution in [0.25, 0.3) is 0 Å². The lowest BCUT2D eigenvalue weighted by Gasteiger charge is -2.15. The van der Waals surface area contributed by atoms with Crippen LogP contribution in [-0.2, 0) is 9.47 Å². The molecule has 112 valence electrons. The number of ether oxygens (including phenoxy) is 2. The quantitative estimate of drug-likeness (QED) is 0.749. The van der Waals surface area contributed by atoms with Gasteiger partial charge in [-0.1, -0.05) is 0 Å². The van der Waals surface area contributed by atoms with Crippen LogP contribution in [0.1, 0.15) is 23.0 Å². The zero-order valence-electron chi connectivity index (χ0n) is 12.5. The van der Waals surface area contributed by atoms with Gasteiger partial charge in [0.1, 0.15) is 5.82 Å². The van der Waals surface area contributed by atoms with Gasteiger partial charge in [0.15, 0.2) is 0 Å². The van der Waals surface area contributed by atoms with Crippen molar-refractivity contribution in [3.8, 4) is 0 Å². The molecular formula is C14H23N3O3. The zero-order chi connectivity index (χ0) is 15.0. The van der Waals surface area contributed by atoms with Crippen LogP contribution in [0.4, 0.5) is 5.82 Å². The Morgan fingerprint density at radius 1 is 1.40 bits per heavy atom. The first-order valence-corrected chi connectivity index (χ1v) is 6.63. The molecule has 0 fully saturated rings. The predicted octanol–water partition coefficient (Wildman–Crippen LogP) is 1.21. The van der Waals surface area contributed by atoms with Gasteiger partial charge in [-0.05, 0) is 26.0 Å². The van der Waals surface area contributed by atoms with Gasteiger partial charge in [-0.3, -0.25) is 4.79 Å². The molecule has 2 N–H and O–H groups in total. The molecule has 1 heterocycles. The summed E-state index contributed by atoms with van der Waals surface area (Å²) in [5.74, 6) is 0.561. The predicted molar refractivity (Wildman–Crippen MR) is 78.1 cm³/mol. The van der Waals surface area contributed by atoms with Gasteiger partial charge in [-0.2, -0.15) is 0 Å². The average Bonchev–Trinajstić information content (AvgIpc) is 2.42. The zero-order valence-corrected chi connectivity index (χ0v) is 12.5. The van der Waals surface area contributed by atoms with E-state index in [0.29, 0.717) is 24.5 Å². The van der Waals surface area contributed by atoms with Crippen molar-refractivity contribution in [2.45, 2.75) is 20.0 Å². The minimum Gasteiger partial charge on any atom is -0.382 e. The van der Waals surface area contributed by atoms with Gasteiger partial charge in [0, 0.05) is 38.6 Å². The molecule has 6 heteroatoms. The van der Waals surface area contributed by atoms with Gasteiger partial charge in [0.05, 0.1) is 12.7 Å². The second-order valence-corrected chi connectivity index (χ2v) is 4.44. The van der Waals surface area contributed by atoms with E-state index in [2.05, 4.69) is 15.6 Å². The summed E-state index contributed by atoms with van der Waals surface area (Å²) in [5, 5.41) is 5.94. The number of hydrogen-bond donors (Lipinski definition) is 2. The van der Waals surface area contributed by atoms with E-state index in [4.69, 9.17) is 9.47 Å². The Labute approximate surface area is 119 Å². The molecule has 0 saturated carbocycles. The van der Waals surface area contributed by atoms with Crippen molar-refractivity contribution in [3.63, 3.8) is 0 Å². The van der Waals surface area contributed by atoms with E-state index in [1.807, 2.05) is 13.8 Å². The highest BCUT2D eigenvalue weighted by molar-refractivity contribution is 5.95. The first-order chi connectivity index (χ1) is 9.60. The van der Waals surface area contributed by atoms with Crippen LogP contribution in [-0.4, -0.2) is 50.9 Å². The fraction of sp³-hybridized carbons (Fsp3) is 0.571. The molecule has 1 aromatic heterocycles. The van der Waals surface area contributed by atoms with Crippen LogP contribution < -0.4 is 10.6 Å². The van der Waals surface area contributed by atoms with Crippen molar-refractivity contribution >= 4 is 11.7 Å². The van der Waals surface area contributed by atoms with Gasteiger partial charge in [-0.25, -0.2) is 4.98 Å². The van der Waals surface area contributed by atoms with Crippen molar-refractivity contribution in [2.24, 2.45) is 0 Å². The number of rotatable bonds is 8. The van der Waals surface area contributed by atoms with Gasteiger partial charge < -0.3 is 20.1 Å². The number of pyridine rings is 1. The second-order valence-electron chi connectivity index (χ2n) is 4.44. The monoisotopic (exact) mass is 281 g/mol. The van der Waals surface area contributed by atoms with Crippen LogP contribution in [0, 0.1) is 6.92 Å². The Morgan fingerprint density at radius 3 is 2.75 bits per heavy atom. The van der Waals surface area contributed by atoms with Gasteiger partial charge in [0.25, 0.3) is 5.91 Å². The number of anilines is 1. The molecule has 1 rings (SSSR count). The molecule has 0 aliphatic rings. The number of amides is 1. The van der Waals surface area contributed by atoms with E-state index >= 15 is 0 Å². The number of methoxy groups -OCH3 is 2. The molecule has 0 radical (unpaired) electrons. The number of carbonyl (C=O) groups is 1. The average molecular weight is 281 g/mol. The molecule has 6 nitrogen and oxygen atoms in total. The van der Waals surface area contributed by atoms with Crippen LogP contribution >= 0.6 is 0 Å². The smallest absolute Gasteiger partial charge is 0.251 e. The number of carbonyl (C=O) groups excluding carboxylic acids is 1. The van der Waals surface area contributed by atoms with Crippen LogP contribution in [0.3, 0.4) is 0 Å². The Kier molecular flexibility index (Phi) is 6.97. The fourth-order valence-electron chi connectivity index (χ4n) is 1.78. The Balaban J connectivity index is 2.67. The lowest BCUT2D eigenvalue weighted by atomic mass is 10.2. The number of hydrogen-bond acceptors (Lipinski definition) is 5. The third kappa shape index (κ3) is 5.14. The molecular weight excluding hydrogens is 258 g/mol. The maximum absolute atomic E-state index is 12.1. The minimum absolute atomic E-state index is 0.146. The fourth-order valence-corrected chi connectivity index (χ4v) is 1.78. The lowest BCUT2D eigenvalue weighted by Crippen LogP contribution is -2.35. The van der Waals surface area contributed by atoms with Crippen molar-refractivity contribution in [2.75, 3.05) is 39.2 Å². The first-order valence-electron chi connectivity index (χ1n) is 6.63. The van der Waals surface area contributed by atoms with Gasteiger partial charge in [-0.15, -0.1) is 0 Å². The largest absolute Gasteiger partial charge is 0.382 e. The molecule has 0 aliphatic heterocycles. The highest BCUT2D eigenvalue weighted by Gasteiger charge is 2.12. The van der Waals surface area contributed by atoms with Gasteiger partial charge >= 0.3 is 0 Å². The van der Waals surface area contributed by atoms with Crippen LogP contribution in [0.5, 0.6) is 0 Å². The molecule has 1 aromatic rings. The molecule has 1 atom stereocenters. The number of nitrogens with one attached hydrogen (secondary N) is 2. The van der Waals surface area contributed by atoms with Crippen LogP contribution in [0.2, 0.25) is 0 Å². The molecule has 0 saturated heterocycles. The van der Waals surface area contributed by atoms with E-state index in [1.165, 1.54) is 0 Å². The number of nitrogens with zero attached hydrogens (tertiary/aromatic N) is 1. The summed E-state index contributed by atoms with van der Waals surface area (Å²) in [6.45, 7) is 5.45. The number of aromatic nitrogens is 1. The van der Waals surface area contributed by atoms with E-state index in [-0.39, 0.29) is 12.0 Å². The summed E-state index contributed by atoms with van der Waals surface area (Å²) < 4.78 is 10.2. The third-order valence-electron chi connectivity index (χ3n) is 2.75. The minimum atomic E-state index is -0.153. The van der Waals surface area contributed by atoms with E-state index in [0.717, 1.165) is 12.2 Å². The van der Waals surface area contributed by atoms with E-state index in [9.17, 15) is 4.79 Å². The molecule has 20 heavy (non-hydrogen) atoms. The molecule has 0 aliphatic carbocycles. The number of aryl methyl sites for hydroxylation is 1. The summed E-state index contributed by atoms with van der Waals surface area (Å²) in [6, 6.07) is 3.50. The normalized spacial score (nSPS) is 12.0. The summed E-state index contributed by atoms with van der Waals surface area (Å²) in [5.41, 5.74) is 1.38. The molecule has 1 amide bonds. The van der Waals surface area contributed by atoms with Crippen molar-refractivity contribution in [1.82, 2.24) is 10.3 Å². The Hall–Kier alpha value is -1.66.